The van der Waals surface area contributed by atoms with Gasteiger partial charge in [-0.2, -0.15) is 0 Å². The molecule has 0 radical (unpaired) electrons. The summed E-state index contributed by atoms with van der Waals surface area (Å²) in [6, 6.07) is 25.7. The topological polar surface area (TPSA) is 105 Å². The lowest BCUT2D eigenvalue weighted by Gasteiger charge is -2.34. The number of hydrogen-bond donors (Lipinski definition) is 1. The van der Waals surface area contributed by atoms with Gasteiger partial charge in [-0.05, 0) is 66.1 Å². The SMILES string of the molecule is CCCNC(=O)C(Cc1ccccc1)N(Cc1ccc(Cl)c(Cl)c1)C(=O)CN(c1ccccc1OC)S(=O)(=O)c1ccc(OC)cc1. The molecule has 0 aromatic heterocycles. The van der Waals surface area contributed by atoms with E-state index in [9.17, 15) is 18.0 Å². The zero-order valence-electron chi connectivity index (χ0n) is 26.4. The van der Waals surface area contributed by atoms with Crippen molar-refractivity contribution in [2.75, 3.05) is 31.6 Å². The summed E-state index contributed by atoms with van der Waals surface area (Å²) in [4.78, 5) is 29.7. The van der Waals surface area contributed by atoms with E-state index >= 15 is 0 Å². The molecule has 9 nitrogen and oxygen atoms in total. The molecule has 0 aliphatic heterocycles. The molecule has 0 fully saturated rings. The Hall–Kier alpha value is -4.25. The van der Waals surface area contributed by atoms with Crippen LogP contribution in [0.3, 0.4) is 0 Å². The zero-order chi connectivity index (χ0) is 34.0. The molecule has 1 N–H and O–H groups in total. The normalized spacial score (nSPS) is 11.8. The van der Waals surface area contributed by atoms with Crippen molar-refractivity contribution >= 4 is 50.7 Å². The van der Waals surface area contributed by atoms with Crippen LogP contribution >= 0.6 is 23.2 Å². The molecule has 0 saturated carbocycles. The van der Waals surface area contributed by atoms with Crippen LogP contribution in [0.5, 0.6) is 11.5 Å². The van der Waals surface area contributed by atoms with Gasteiger partial charge in [0, 0.05) is 19.5 Å². The summed E-state index contributed by atoms with van der Waals surface area (Å²) < 4.78 is 40.3. The van der Waals surface area contributed by atoms with Crippen molar-refractivity contribution in [3.05, 3.63) is 118 Å². The van der Waals surface area contributed by atoms with Crippen LogP contribution in [0.2, 0.25) is 10.0 Å². The van der Waals surface area contributed by atoms with E-state index in [-0.39, 0.29) is 40.2 Å². The number of rotatable bonds is 15. The molecule has 12 heteroatoms. The highest BCUT2D eigenvalue weighted by molar-refractivity contribution is 7.92. The first kappa shape index (κ1) is 35.6. The summed E-state index contributed by atoms with van der Waals surface area (Å²) in [6.07, 6.45) is 0.871. The second-order valence-corrected chi connectivity index (χ2v) is 13.3. The fourth-order valence-electron chi connectivity index (χ4n) is 4.98. The van der Waals surface area contributed by atoms with E-state index in [1.54, 1.807) is 42.5 Å². The van der Waals surface area contributed by atoms with Crippen LogP contribution in [0.4, 0.5) is 5.69 Å². The van der Waals surface area contributed by atoms with E-state index in [4.69, 9.17) is 32.7 Å². The molecular weight excluding hydrogens is 661 g/mol. The van der Waals surface area contributed by atoms with E-state index in [0.717, 1.165) is 9.87 Å². The third-order valence-corrected chi connectivity index (χ3v) is 9.95. The number of ether oxygens (including phenoxy) is 2. The van der Waals surface area contributed by atoms with E-state index in [2.05, 4.69) is 5.32 Å². The Labute approximate surface area is 286 Å². The fraction of sp³-hybridized carbons (Fsp3) is 0.257. The average molecular weight is 699 g/mol. The molecule has 47 heavy (non-hydrogen) atoms. The van der Waals surface area contributed by atoms with E-state index in [0.29, 0.717) is 29.3 Å². The van der Waals surface area contributed by atoms with Crippen molar-refractivity contribution in [2.24, 2.45) is 0 Å². The van der Waals surface area contributed by atoms with Crippen molar-refractivity contribution in [2.45, 2.75) is 37.2 Å². The number of carbonyl (C=O) groups is 2. The van der Waals surface area contributed by atoms with Gasteiger partial charge in [0.2, 0.25) is 11.8 Å². The van der Waals surface area contributed by atoms with Gasteiger partial charge in [-0.15, -0.1) is 0 Å². The average Bonchev–Trinajstić information content (AvgIpc) is 3.09. The van der Waals surface area contributed by atoms with Crippen molar-refractivity contribution in [1.29, 1.82) is 0 Å². The Morgan fingerprint density at radius 1 is 0.830 bits per heavy atom. The molecule has 2 amide bonds. The monoisotopic (exact) mass is 697 g/mol. The lowest BCUT2D eigenvalue weighted by Crippen LogP contribution is -2.53. The first-order chi connectivity index (χ1) is 22.6. The number of nitrogens with zero attached hydrogens (tertiary/aromatic N) is 2. The van der Waals surface area contributed by atoms with Crippen LogP contribution in [-0.4, -0.2) is 58.5 Å². The second kappa shape index (κ2) is 16.5. The van der Waals surface area contributed by atoms with Gasteiger partial charge >= 0.3 is 0 Å². The summed E-state index contributed by atoms with van der Waals surface area (Å²) in [7, 11) is -1.43. The third-order valence-electron chi connectivity index (χ3n) is 7.44. The maximum Gasteiger partial charge on any atom is 0.264 e. The van der Waals surface area contributed by atoms with Gasteiger partial charge in [0.05, 0.1) is 34.8 Å². The molecule has 248 valence electrons. The number of methoxy groups -OCH3 is 2. The highest BCUT2D eigenvalue weighted by atomic mass is 35.5. The fourth-order valence-corrected chi connectivity index (χ4v) is 6.72. The quantitative estimate of drug-likeness (QED) is 0.155. The molecule has 1 unspecified atom stereocenters. The molecule has 1 atom stereocenters. The Kier molecular flexibility index (Phi) is 12.5. The molecule has 0 bridgehead atoms. The molecule has 4 aromatic rings. The summed E-state index contributed by atoms with van der Waals surface area (Å²) >= 11 is 12.5. The van der Waals surface area contributed by atoms with Crippen LogP contribution in [0.1, 0.15) is 24.5 Å². The van der Waals surface area contributed by atoms with Gasteiger partial charge in [0.15, 0.2) is 0 Å². The largest absolute Gasteiger partial charge is 0.497 e. The number of para-hydroxylation sites is 2. The van der Waals surface area contributed by atoms with Crippen LogP contribution < -0.4 is 19.1 Å². The van der Waals surface area contributed by atoms with E-state index < -0.39 is 28.5 Å². The van der Waals surface area contributed by atoms with E-state index in [1.807, 2.05) is 37.3 Å². The van der Waals surface area contributed by atoms with Gasteiger partial charge < -0.3 is 19.7 Å². The first-order valence-electron chi connectivity index (χ1n) is 14.9. The highest BCUT2D eigenvalue weighted by Crippen LogP contribution is 2.33. The predicted octanol–water partition coefficient (Wildman–Crippen LogP) is 6.37. The van der Waals surface area contributed by atoms with Gasteiger partial charge in [-0.25, -0.2) is 8.42 Å². The lowest BCUT2D eigenvalue weighted by molar-refractivity contribution is -0.140. The Morgan fingerprint density at radius 2 is 1.51 bits per heavy atom. The zero-order valence-corrected chi connectivity index (χ0v) is 28.7. The number of hydrogen-bond acceptors (Lipinski definition) is 6. The summed E-state index contributed by atoms with van der Waals surface area (Å²) in [6.45, 7) is 1.65. The number of anilines is 1. The van der Waals surface area contributed by atoms with Crippen molar-refractivity contribution in [1.82, 2.24) is 10.2 Å². The smallest absolute Gasteiger partial charge is 0.264 e. The summed E-state index contributed by atoms with van der Waals surface area (Å²) in [5, 5.41) is 3.54. The summed E-state index contributed by atoms with van der Waals surface area (Å²) in [5.74, 6) is -0.272. The van der Waals surface area contributed by atoms with Crippen molar-refractivity contribution in [3.8, 4) is 11.5 Å². The molecule has 0 spiro atoms. The minimum Gasteiger partial charge on any atom is -0.497 e. The maximum absolute atomic E-state index is 14.6. The van der Waals surface area contributed by atoms with Gasteiger partial charge in [0.1, 0.15) is 24.1 Å². The van der Waals surface area contributed by atoms with E-state index in [1.165, 1.54) is 43.4 Å². The molecule has 0 heterocycles. The first-order valence-corrected chi connectivity index (χ1v) is 17.1. The molecule has 4 aromatic carbocycles. The predicted molar refractivity (Wildman–Crippen MR) is 185 cm³/mol. The molecule has 0 aliphatic rings. The number of benzene rings is 4. The molecule has 0 aliphatic carbocycles. The van der Waals surface area contributed by atoms with Crippen LogP contribution in [0.15, 0.2) is 102 Å². The molecule has 4 rings (SSSR count). The Balaban J connectivity index is 1.83. The number of sulfonamides is 1. The Bertz CT molecular complexity index is 1770. The number of halogens is 2. The molecule has 0 saturated heterocycles. The minimum absolute atomic E-state index is 0.0465. The standard InChI is InChI=1S/C35H37Cl2N3O6S/c1-4-20-38-35(42)32(22-25-10-6-5-7-11-25)39(23-26-14-19-29(36)30(37)21-26)34(41)24-40(31-12-8-9-13-33(31)46-3)47(43,44)28-17-15-27(45-2)16-18-28/h5-19,21,32H,4,20,22-24H2,1-3H3,(H,38,42). The van der Waals surface area contributed by atoms with Crippen molar-refractivity contribution < 1.29 is 27.5 Å². The van der Waals surface area contributed by atoms with Crippen LogP contribution in [0.25, 0.3) is 0 Å². The van der Waals surface area contributed by atoms with Gasteiger partial charge in [-0.1, -0.05) is 78.7 Å². The number of carbonyl (C=O) groups excluding carboxylic acids is 2. The van der Waals surface area contributed by atoms with Gasteiger partial charge in [0.25, 0.3) is 10.0 Å². The number of nitrogens with one attached hydrogen (secondary N) is 1. The second-order valence-electron chi connectivity index (χ2n) is 10.6. The van der Waals surface area contributed by atoms with Crippen LogP contribution in [-0.2, 0) is 32.6 Å². The van der Waals surface area contributed by atoms with Gasteiger partial charge in [-0.3, -0.25) is 13.9 Å². The van der Waals surface area contributed by atoms with Crippen molar-refractivity contribution in [3.63, 3.8) is 0 Å². The Morgan fingerprint density at radius 3 is 2.15 bits per heavy atom. The lowest BCUT2D eigenvalue weighted by atomic mass is 10.0. The minimum atomic E-state index is -4.33. The molecular formula is C35H37Cl2N3O6S. The number of amides is 2. The maximum atomic E-state index is 14.6. The highest BCUT2D eigenvalue weighted by Gasteiger charge is 2.35. The third kappa shape index (κ3) is 8.97. The van der Waals surface area contributed by atoms with Crippen LogP contribution in [0, 0.1) is 0 Å². The summed E-state index contributed by atoms with van der Waals surface area (Å²) in [5.41, 5.74) is 1.59.